The van der Waals surface area contributed by atoms with Crippen molar-refractivity contribution in [1.82, 2.24) is 4.98 Å². The lowest BCUT2D eigenvalue weighted by molar-refractivity contribution is 0.305. The van der Waals surface area contributed by atoms with E-state index in [1.54, 1.807) is 35.6 Å². The van der Waals surface area contributed by atoms with E-state index in [4.69, 9.17) is 4.18 Å². The first-order valence-corrected chi connectivity index (χ1v) is 10.7. The van der Waals surface area contributed by atoms with E-state index < -0.39 is 10.1 Å². The second-order valence-electron chi connectivity index (χ2n) is 6.18. The van der Waals surface area contributed by atoms with Crippen molar-refractivity contribution in [3.63, 3.8) is 0 Å². The number of hydrogen-bond acceptors (Lipinski definition) is 5. The van der Waals surface area contributed by atoms with Gasteiger partial charge in [-0.1, -0.05) is 48.0 Å². The topological polar surface area (TPSA) is 56.3 Å². The summed E-state index contributed by atoms with van der Waals surface area (Å²) in [6.45, 7) is 1.79. The molecule has 0 saturated heterocycles. The summed E-state index contributed by atoms with van der Waals surface area (Å²) in [7, 11) is -3.85. The maximum absolute atomic E-state index is 12.5. The molecule has 2 aromatic carbocycles. The number of rotatable bonds is 5. The Bertz CT molecular complexity index is 1180. The number of thiophene rings is 1. The minimum absolute atomic E-state index is 0.115. The molecule has 6 heteroatoms. The van der Waals surface area contributed by atoms with Crippen LogP contribution in [0.4, 0.5) is 0 Å². The molecule has 0 atom stereocenters. The van der Waals surface area contributed by atoms with Crippen molar-refractivity contribution in [1.29, 1.82) is 0 Å². The molecule has 0 amide bonds. The van der Waals surface area contributed by atoms with Gasteiger partial charge in [0, 0.05) is 5.39 Å². The molecule has 136 valence electrons. The first-order chi connectivity index (χ1) is 13.0. The third-order valence-corrected chi connectivity index (χ3v) is 6.42. The fourth-order valence-electron chi connectivity index (χ4n) is 2.84. The van der Waals surface area contributed by atoms with Crippen LogP contribution in [0.2, 0.25) is 0 Å². The standard InChI is InChI=1S/C21H17NO3S2/c1-15-8-10-17(11-9-15)27(23,24)25-14-20-18-6-3-2-5-16(18)13-19(22-20)21-7-4-12-26-21/h2-13H,14H2,1H3. The number of nitrogens with zero attached hydrogens (tertiary/aromatic N) is 1. The monoisotopic (exact) mass is 395 g/mol. The van der Waals surface area contributed by atoms with Crippen molar-refractivity contribution in [2.75, 3.05) is 0 Å². The molecule has 27 heavy (non-hydrogen) atoms. The SMILES string of the molecule is Cc1ccc(S(=O)(=O)OCc2nc(-c3cccs3)cc3ccccc23)cc1. The fourth-order valence-corrected chi connectivity index (χ4v) is 4.40. The van der Waals surface area contributed by atoms with Gasteiger partial charge in [0.2, 0.25) is 0 Å². The molecule has 2 aromatic heterocycles. The van der Waals surface area contributed by atoms with Crippen molar-refractivity contribution in [2.24, 2.45) is 0 Å². The Morgan fingerprint density at radius 1 is 1.00 bits per heavy atom. The van der Waals surface area contributed by atoms with Crippen LogP contribution in [0.15, 0.2) is 77.0 Å². The van der Waals surface area contributed by atoms with E-state index in [9.17, 15) is 8.42 Å². The molecule has 0 fully saturated rings. The highest BCUT2D eigenvalue weighted by Crippen LogP contribution is 2.28. The zero-order valence-electron chi connectivity index (χ0n) is 14.6. The molecule has 2 heterocycles. The fraction of sp³-hybridized carbons (Fsp3) is 0.0952. The van der Waals surface area contributed by atoms with E-state index in [0.29, 0.717) is 5.69 Å². The molecular formula is C21H17NO3S2. The van der Waals surface area contributed by atoms with Gasteiger partial charge >= 0.3 is 0 Å². The summed E-state index contributed by atoms with van der Waals surface area (Å²) in [6, 6.07) is 20.4. The average molecular weight is 396 g/mol. The Kier molecular flexibility index (Phi) is 4.78. The predicted octanol–water partition coefficient (Wildman–Crippen LogP) is 5.18. The van der Waals surface area contributed by atoms with E-state index >= 15 is 0 Å². The highest BCUT2D eigenvalue weighted by atomic mass is 32.2. The van der Waals surface area contributed by atoms with Gasteiger partial charge in [-0.3, -0.25) is 4.18 Å². The second kappa shape index (κ2) is 7.23. The lowest BCUT2D eigenvalue weighted by Gasteiger charge is -2.10. The molecule has 0 bridgehead atoms. The van der Waals surface area contributed by atoms with E-state index in [1.807, 2.05) is 54.8 Å². The van der Waals surface area contributed by atoms with E-state index in [1.165, 1.54) is 0 Å². The Morgan fingerprint density at radius 2 is 1.78 bits per heavy atom. The number of benzene rings is 2. The number of hydrogen-bond donors (Lipinski definition) is 0. The van der Waals surface area contributed by atoms with Crippen LogP contribution in [0.25, 0.3) is 21.3 Å². The van der Waals surface area contributed by atoms with E-state index in [2.05, 4.69) is 4.98 Å². The van der Waals surface area contributed by atoms with Crippen LogP contribution in [0.1, 0.15) is 11.3 Å². The van der Waals surface area contributed by atoms with Crippen molar-refractivity contribution in [3.05, 3.63) is 83.4 Å². The highest BCUT2D eigenvalue weighted by molar-refractivity contribution is 7.86. The minimum atomic E-state index is -3.85. The zero-order chi connectivity index (χ0) is 18.9. The van der Waals surface area contributed by atoms with Gasteiger partial charge in [0.15, 0.2) is 0 Å². The summed E-state index contributed by atoms with van der Waals surface area (Å²) >= 11 is 1.59. The first kappa shape index (κ1) is 17.9. The van der Waals surface area contributed by atoms with Crippen molar-refractivity contribution < 1.29 is 12.6 Å². The van der Waals surface area contributed by atoms with Crippen LogP contribution in [0.3, 0.4) is 0 Å². The van der Waals surface area contributed by atoms with Gasteiger partial charge in [0.1, 0.15) is 6.61 Å². The van der Waals surface area contributed by atoms with Crippen molar-refractivity contribution >= 4 is 32.2 Å². The largest absolute Gasteiger partial charge is 0.297 e. The molecular weight excluding hydrogens is 378 g/mol. The predicted molar refractivity (Wildman–Crippen MR) is 108 cm³/mol. The van der Waals surface area contributed by atoms with Gasteiger partial charge in [-0.05, 0) is 42.0 Å². The molecule has 0 aliphatic heterocycles. The van der Waals surface area contributed by atoms with Gasteiger partial charge in [-0.25, -0.2) is 4.98 Å². The molecule has 4 aromatic rings. The molecule has 0 radical (unpaired) electrons. The van der Waals surface area contributed by atoms with Gasteiger partial charge in [-0.15, -0.1) is 11.3 Å². The third-order valence-electron chi connectivity index (χ3n) is 4.25. The van der Waals surface area contributed by atoms with Crippen molar-refractivity contribution in [3.8, 4) is 10.6 Å². The van der Waals surface area contributed by atoms with Crippen LogP contribution >= 0.6 is 11.3 Å². The maximum Gasteiger partial charge on any atom is 0.297 e. The molecule has 0 aliphatic carbocycles. The number of pyridine rings is 1. The average Bonchev–Trinajstić information content (AvgIpc) is 3.21. The summed E-state index contributed by atoms with van der Waals surface area (Å²) in [5.74, 6) is 0. The smallest absolute Gasteiger partial charge is 0.260 e. The molecule has 4 rings (SSSR count). The van der Waals surface area contributed by atoms with Crippen LogP contribution in [-0.4, -0.2) is 13.4 Å². The van der Waals surface area contributed by atoms with Gasteiger partial charge < -0.3 is 0 Å². The van der Waals surface area contributed by atoms with Crippen LogP contribution in [0, 0.1) is 6.92 Å². The van der Waals surface area contributed by atoms with Gasteiger partial charge in [0.25, 0.3) is 10.1 Å². The summed E-state index contributed by atoms with van der Waals surface area (Å²) in [6.07, 6.45) is 0. The molecule has 0 unspecified atom stereocenters. The van der Waals surface area contributed by atoms with E-state index in [-0.39, 0.29) is 11.5 Å². The Balaban J connectivity index is 1.70. The molecule has 0 N–H and O–H groups in total. The summed E-state index contributed by atoms with van der Waals surface area (Å²) in [5.41, 5.74) is 2.41. The third kappa shape index (κ3) is 3.78. The number of aromatic nitrogens is 1. The van der Waals surface area contributed by atoms with Crippen LogP contribution in [-0.2, 0) is 20.9 Å². The number of fused-ring (bicyclic) bond motifs is 1. The number of aryl methyl sites for hydroxylation is 1. The van der Waals surface area contributed by atoms with Gasteiger partial charge in [-0.2, -0.15) is 8.42 Å². The molecule has 4 nitrogen and oxygen atoms in total. The maximum atomic E-state index is 12.5. The minimum Gasteiger partial charge on any atom is -0.260 e. The summed E-state index contributed by atoms with van der Waals surface area (Å²) in [5, 5.41) is 3.88. The van der Waals surface area contributed by atoms with E-state index in [0.717, 1.165) is 26.9 Å². The normalized spacial score (nSPS) is 11.7. The summed E-state index contributed by atoms with van der Waals surface area (Å²) < 4.78 is 30.4. The highest BCUT2D eigenvalue weighted by Gasteiger charge is 2.17. The lowest BCUT2D eigenvalue weighted by Crippen LogP contribution is -2.08. The molecule has 0 aliphatic rings. The quantitative estimate of drug-likeness (QED) is 0.437. The molecule has 0 spiro atoms. The van der Waals surface area contributed by atoms with Gasteiger partial charge in [0.05, 0.1) is 21.2 Å². The first-order valence-electron chi connectivity index (χ1n) is 8.41. The zero-order valence-corrected chi connectivity index (χ0v) is 16.3. The lowest BCUT2D eigenvalue weighted by atomic mass is 10.1. The van der Waals surface area contributed by atoms with Crippen LogP contribution in [0.5, 0.6) is 0 Å². The summed E-state index contributed by atoms with van der Waals surface area (Å²) in [4.78, 5) is 5.85. The molecule has 0 saturated carbocycles. The van der Waals surface area contributed by atoms with Crippen LogP contribution < -0.4 is 0 Å². The second-order valence-corrected chi connectivity index (χ2v) is 8.75. The Labute approximate surface area is 162 Å². The van der Waals surface area contributed by atoms with Crippen molar-refractivity contribution in [2.45, 2.75) is 18.4 Å². The Morgan fingerprint density at radius 3 is 2.52 bits per heavy atom. The Hall–Kier alpha value is -2.54.